The Kier molecular flexibility index (Phi) is 4.66. The molecule has 1 saturated heterocycles. The summed E-state index contributed by atoms with van der Waals surface area (Å²) in [5.41, 5.74) is 8.65. The lowest BCUT2D eigenvalue weighted by atomic mass is 9.74. The summed E-state index contributed by atoms with van der Waals surface area (Å²) in [6.45, 7) is 5.86. The first kappa shape index (κ1) is 19.9. The number of aromatic amines is 2. The van der Waals surface area contributed by atoms with E-state index in [0.29, 0.717) is 12.1 Å². The maximum atomic E-state index is 3.92. The van der Waals surface area contributed by atoms with Gasteiger partial charge in [-0.25, -0.2) is 0 Å². The summed E-state index contributed by atoms with van der Waals surface area (Å²) >= 11 is 0. The molecular weight excluding hydrogens is 404 g/mol. The van der Waals surface area contributed by atoms with Crippen LogP contribution in [0.15, 0.2) is 48.5 Å². The minimum atomic E-state index is 0.557. The van der Waals surface area contributed by atoms with E-state index in [4.69, 9.17) is 0 Å². The Morgan fingerprint density at radius 3 is 2.48 bits per heavy atom. The Balaban J connectivity index is 1.15. The Labute approximate surface area is 195 Å². The average molecular weight is 439 g/mol. The fourth-order valence-corrected chi connectivity index (χ4v) is 7.26. The molecule has 4 nitrogen and oxygen atoms in total. The quantitative estimate of drug-likeness (QED) is 0.384. The highest BCUT2D eigenvalue weighted by atomic mass is 15.2. The van der Waals surface area contributed by atoms with Crippen LogP contribution in [0.2, 0.25) is 0 Å². The molecule has 0 bridgehead atoms. The SMILES string of the molecule is CCC1CN2CCc3c([nH]c4ccccc34)C2CC1CC1Cc2[nH]c3ccccc3c2CN1. The van der Waals surface area contributed by atoms with Crippen molar-refractivity contribution in [1.82, 2.24) is 20.2 Å². The van der Waals surface area contributed by atoms with Crippen molar-refractivity contribution >= 4 is 21.8 Å². The van der Waals surface area contributed by atoms with Crippen molar-refractivity contribution < 1.29 is 0 Å². The standard InChI is InChI=1S/C29H34N4/c1-2-18-17-33-12-11-23-21-7-3-6-10-26(21)32-29(23)28(33)14-19(18)13-20-15-27-24(16-30-20)22-8-4-5-9-25(22)31-27/h3-10,18-20,28,30-32H,2,11-17H2,1H3. The van der Waals surface area contributed by atoms with Crippen LogP contribution < -0.4 is 5.32 Å². The number of nitrogens with zero attached hydrogens (tertiary/aromatic N) is 1. The van der Waals surface area contributed by atoms with Gasteiger partial charge in [0, 0.05) is 65.3 Å². The highest BCUT2D eigenvalue weighted by Crippen LogP contribution is 2.45. The van der Waals surface area contributed by atoms with E-state index < -0.39 is 0 Å². The number of piperidine rings is 1. The van der Waals surface area contributed by atoms with Crippen LogP contribution in [0.5, 0.6) is 0 Å². The summed E-state index contributed by atoms with van der Waals surface area (Å²) in [5.74, 6) is 1.58. The summed E-state index contributed by atoms with van der Waals surface area (Å²) in [6.07, 6.45) is 6.17. The van der Waals surface area contributed by atoms with Crippen molar-refractivity contribution in [1.29, 1.82) is 0 Å². The van der Waals surface area contributed by atoms with E-state index in [-0.39, 0.29) is 0 Å². The lowest BCUT2D eigenvalue weighted by Crippen LogP contribution is -2.47. The number of aromatic nitrogens is 2. The molecule has 0 amide bonds. The van der Waals surface area contributed by atoms with Gasteiger partial charge in [-0.15, -0.1) is 0 Å². The minimum absolute atomic E-state index is 0.557. The molecule has 5 heterocycles. The van der Waals surface area contributed by atoms with Gasteiger partial charge in [0.1, 0.15) is 0 Å². The number of benzene rings is 2. The normalized spacial score (nSPS) is 27.4. The molecule has 2 aromatic heterocycles. The number of hydrogen-bond acceptors (Lipinski definition) is 2. The summed E-state index contributed by atoms with van der Waals surface area (Å²) in [5, 5.41) is 6.76. The van der Waals surface area contributed by atoms with Gasteiger partial charge in [-0.2, -0.15) is 0 Å². The van der Waals surface area contributed by atoms with Gasteiger partial charge in [0.2, 0.25) is 0 Å². The minimum Gasteiger partial charge on any atom is -0.358 e. The molecule has 4 atom stereocenters. The van der Waals surface area contributed by atoms with Gasteiger partial charge in [-0.05, 0) is 54.4 Å². The van der Waals surface area contributed by atoms with Crippen LogP contribution in [0.25, 0.3) is 21.8 Å². The lowest BCUT2D eigenvalue weighted by molar-refractivity contribution is 0.0420. The van der Waals surface area contributed by atoms with Gasteiger partial charge in [-0.3, -0.25) is 4.90 Å². The number of para-hydroxylation sites is 2. The van der Waals surface area contributed by atoms with E-state index in [2.05, 4.69) is 75.6 Å². The number of fused-ring (bicyclic) bond motifs is 8. The third-order valence-corrected chi connectivity index (χ3v) is 8.96. The van der Waals surface area contributed by atoms with Gasteiger partial charge in [0.25, 0.3) is 0 Å². The molecule has 0 radical (unpaired) electrons. The predicted octanol–water partition coefficient (Wildman–Crippen LogP) is 5.70. The highest BCUT2D eigenvalue weighted by Gasteiger charge is 2.40. The molecule has 1 fully saturated rings. The topological polar surface area (TPSA) is 46.9 Å². The zero-order valence-corrected chi connectivity index (χ0v) is 19.5. The fourth-order valence-electron chi connectivity index (χ4n) is 7.26. The largest absolute Gasteiger partial charge is 0.358 e. The number of rotatable bonds is 3. The highest BCUT2D eigenvalue weighted by molar-refractivity contribution is 5.85. The molecule has 7 rings (SSSR count). The van der Waals surface area contributed by atoms with Crippen molar-refractivity contribution in [3.05, 3.63) is 71.0 Å². The summed E-state index contributed by atoms with van der Waals surface area (Å²) in [6, 6.07) is 18.8. The molecule has 0 saturated carbocycles. The molecule has 4 aromatic rings. The Hall–Kier alpha value is -2.56. The van der Waals surface area contributed by atoms with Gasteiger partial charge >= 0.3 is 0 Å². The van der Waals surface area contributed by atoms with Gasteiger partial charge in [0.15, 0.2) is 0 Å². The number of nitrogens with one attached hydrogen (secondary N) is 3. The van der Waals surface area contributed by atoms with Crippen LogP contribution >= 0.6 is 0 Å². The first-order valence-corrected chi connectivity index (χ1v) is 12.9. The monoisotopic (exact) mass is 438 g/mol. The fraction of sp³-hybridized carbons (Fsp3) is 0.448. The summed E-state index contributed by atoms with van der Waals surface area (Å²) < 4.78 is 0. The molecule has 4 heteroatoms. The third kappa shape index (κ3) is 3.18. The Morgan fingerprint density at radius 2 is 1.67 bits per heavy atom. The van der Waals surface area contributed by atoms with Gasteiger partial charge < -0.3 is 15.3 Å². The maximum Gasteiger partial charge on any atom is 0.0504 e. The summed E-state index contributed by atoms with van der Waals surface area (Å²) in [7, 11) is 0. The van der Waals surface area contributed by atoms with Crippen LogP contribution in [0.4, 0.5) is 0 Å². The Bertz CT molecular complexity index is 1310. The second-order valence-corrected chi connectivity index (χ2v) is 10.6. The molecule has 170 valence electrons. The second-order valence-electron chi connectivity index (χ2n) is 10.6. The molecule has 4 unspecified atom stereocenters. The molecule has 3 aliphatic rings. The van der Waals surface area contributed by atoms with E-state index in [0.717, 1.165) is 24.8 Å². The van der Waals surface area contributed by atoms with Gasteiger partial charge in [-0.1, -0.05) is 49.7 Å². The average Bonchev–Trinajstić information content (AvgIpc) is 3.41. The van der Waals surface area contributed by atoms with E-state index in [1.807, 2.05) is 0 Å². The smallest absolute Gasteiger partial charge is 0.0504 e. The molecule has 0 spiro atoms. The van der Waals surface area contributed by atoms with E-state index >= 15 is 0 Å². The zero-order chi connectivity index (χ0) is 21.9. The first-order valence-electron chi connectivity index (χ1n) is 12.9. The van der Waals surface area contributed by atoms with Crippen LogP contribution in [0, 0.1) is 11.8 Å². The third-order valence-electron chi connectivity index (χ3n) is 8.96. The first-order chi connectivity index (χ1) is 16.3. The molecule has 0 aliphatic carbocycles. The second kappa shape index (κ2) is 7.75. The molecule has 3 N–H and O–H groups in total. The number of H-pyrrole nitrogens is 2. The number of hydrogen-bond donors (Lipinski definition) is 3. The van der Waals surface area contributed by atoms with Crippen molar-refractivity contribution in [3.8, 4) is 0 Å². The van der Waals surface area contributed by atoms with Gasteiger partial charge in [0.05, 0.1) is 6.04 Å². The van der Waals surface area contributed by atoms with E-state index in [1.165, 1.54) is 77.5 Å². The van der Waals surface area contributed by atoms with E-state index in [1.54, 1.807) is 5.56 Å². The molecule has 33 heavy (non-hydrogen) atoms. The van der Waals surface area contributed by atoms with Crippen molar-refractivity contribution in [2.75, 3.05) is 13.1 Å². The van der Waals surface area contributed by atoms with Crippen LogP contribution in [0.1, 0.15) is 54.7 Å². The molecular formula is C29H34N4. The van der Waals surface area contributed by atoms with Crippen molar-refractivity contribution in [3.63, 3.8) is 0 Å². The Morgan fingerprint density at radius 1 is 0.909 bits per heavy atom. The van der Waals surface area contributed by atoms with E-state index in [9.17, 15) is 0 Å². The van der Waals surface area contributed by atoms with Crippen molar-refractivity contribution in [2.24, 2.45) is 11.8 Å². The summed E-state index contributed by atoms with van der Waals surface area (Å²) in [4.78, 5) is 10.4. The zero-order valence-electron chi connectivity index (χ0n) is 19.5. The lowest BCUT2D eigenvalue weighted by Gasteiger charge is -2.47. The van der Waals surface area contributed by atoms with Crippen molar-refractivity contribution in [2.45, 2.75) is 57.7 Å². The molecule has 3 aliphatic heterocycles. The predicted molar refractivity (Wildman–Crippen MR) is 135 cm³/mol. The van der Waals surface area contributed by atoms with Crippen LogP contribution in [-0.2, 0) is 19.4 Å². The maximum absolute atomic E-state index is 3.92. The van der Waals surface area contributed by atoms with Crippen LogP contribution in [0.3, 0.4) is 0 Å². The van der Waals surface area contributed by atoms with Crippen LogP contribution in [-0.4, -0.2) is 34.0 Å². The molecule has 2 aromatic carbocycles.